The van der Waals surface area contributed by atoms with Gasteiger partial charge in [-0.1, -0.05) is 12.1 Å². The van der Waals surface area contributed by atoms with E-state index in [0.717, 1.165) is 16.5 Å². The first kappa shape index (κ1) is 22.5. The Hall–Kier alpha value is -2.69. The molecular formula is C22H21F2N3O3S2. The van der Waals surface area contributed by atoms with Crippen LogP contribution in [0.3, 0.4) is 0 Å². The fourth-order valence-corrected chi connectivity index (χ4v) is 6.06. The second kappa shape index (κ2) is 9.05. The summed E-state index contributed by atoms with van der Waals surface area (Å²) < 4.78 is 53.8. The van der Waals surface area contributed by atoms with E-state index in [1.807, 2.05) is 6.92 Å². The number of anilines is 1. The van der Waals surface area contributed by atoms with Crippen LogP contribution in [0.15, 0.2) is 53.4 Å². The summed E-state index contributed by atoms with van der Waals surface area (Å²) in [4.78, 5) is 17.7. The van der Waals surface area contributed by atoms with Gasteiger partial charge in [-0.05, 0) is 56.2 Å². The third-order valence-corrected chi connectivity index (χ3v) is 8.24. The number of aryl methyl sites for hydroxylation is 1. The molecule has 0 atom stereocenters. The molecule has 1 fully saturated rings. The monoisotopic (exact) mass is 477 g/mol. The number of piperidine rings is 1. The van der Waals surface area contributed by atoms with Gasteiger partial charge in [0.1, 0.15) is 16.5 Å². The van der Waals surface area contributed by atoms with Crippen LogP contribution in [-0.2, 0) is 14.8 Å². The maximum atomic E-state index is 14.0. The SMILES string of the molecule is Cc1sc(NC(=O)C2CCN(S(=O)(=O)c3ccccc3F)CC2)nc1-c1ccc(F)cc1. The van der Waals surface area contributed by atoms with Crippen LogP contribution < -0.4 is 5.32 Å². The van der Waals surface area contributed by atoms with Crippen LogP contribution in [0.5, 0.6) is 0 Å². The molecule has 2 heterocycles. The van der Waals surface area contributed by atoms with Crippen molar-refractivity contribution in [2.45, 2.75) is 24.7 Å². The summed E-state index contributed by atoms with van der Waals surface area (Å²) in [5.41, 5.74) is 1.43. The number of hydrogen-bond acceptors (Lipinski definition) is 5. The molecule has 0 bridgehead atoms. The number of nitrogens with one attached hydrogen (secondary N) is 1. The van der Waals surface area contributed by atoms with Crippen LogP contribution in [0.25, 0.3) is 11.3 Å². The van der Waals surface area contributed by atoms with Crippen LogP contribution >= 0.6 is 11.3 Å². The van der Waals surface area contributed by atoms with E-state index in [-0.39, 0.29) is 35.6 Å². The van der Waals surface area contributed by atoms with Crippen LogP contribution in [0.4, 0.5) is 13.9 Å². The van der Waals surface area contributed by atoms with Gasteiger partial charge in [0, 0.05) is 29.4 Å². The number of halogens is 2. The summed E-state index contributed by atoms with van der Waals surface area (Å²) in [6.07, 6.45) is 0.656. The molecule has 1 aromatic heterocycles. The molecule has 168 valence electrons. The lowest BCUT2D eigenvalue weighted by Gasteiger charge is -2.30. The molecule has 1 amide bonds. The van der Waals surface area contributed by atoms with Crippen molar-refractivity contribution >= 4 is 32.4 Å². The van der Waals surface area contributed by atoms with E-state index in [1.54, 1.807) is 12.1 Å². The van der Waals surface area contributed by atoms with Crippen molar-refractivity contribution in [3.8, 4) is 11.3 Å². The number of thiazole rings is 1. The van der Waals surface area contributed by atoms with E-state index in [4.69, 9.17) is 0 Å². The van der Waals surface area contributed by atoms with Gasteiger partial charge in [0.25, 0.3) is 0 Å². The van der Waals surface area contributed by atoms with Crippen molar-refractivity contribution < 1.29 is 22.0 Å². The molecule has 2 aromatic carbocycles. The zero-order valence-electron chi connectivity index (χ0n) is 17.2. The molecule has 32 heavy (non-hydrogen) atoms. The largest absolute Gasteiger partial charge is 0.302 e. The lowest BCUT2D eigenvalue weighted by Crippen LogP contribution is -2.41. The third kappa shape index (κ3) is 4.57. The average molecular weight is 478 g/mol. The number of nitrogens with zero attached hydrogens (tertiary/aromatic N) is 2. The molecule has 1 aliphatic rings. The Balaban J connectivity index is 1.40. The van der Waals surface area contributed by atoms with E-state index in [1.165, 1.54) is 46.0 Å². The zero-order valence-corrected chi connectivity index (χ0v) is 18.8. The van der Waals surface area contributed by atoms with Gasteiger partial charge in [0.15, 0.2) is 5.13 Å². The van der Waals surface area contributed by atoms with Gasteiger partial charge in [0.05, 0.1) is 5.69 Å². The molecule has 6 nitrogen and oxygen atoms in total. The molecule has 0 unspecified atom stereocenters. The lowest BCUT2D eigenvalue weighted by molar-refractivity contribution is -0.120. The highest BCUT2D eigenvalue weighted by atomic mass is 32.2. The molecule has 10 heteroatoms. The molecular weight excluding hydrogens is 456 g/mol. The van der Waals surface area contributed by atoms with Crippen molar-refractivity contribution in [1.29, 1.82) is 0 Å². The molecule has 1 aliphatic heterocycles. The van der Waals surface area contributed by atoms with Gasteiger partial charge in [-0.3, -0.25) is 4.79 Å². The maximum Gasteiger partial charge on any atom is 0.245 e. The summed E-state index contributed by atoms with van der Waals surface area (Å²) in [7, 11) is -3.95. The quantitative estimate of drug-likeness (QED) is 0.589. The van der Waals surface area contributed by atoms with Gasteiger partial charge in [0.2, 0.25) is 15.9 Å². The molecule has 0 aliphatic carbocycles. The van der Waals surface area contributed by atoms with E-state index in [9.17, 15) is 22.0 Å². The number of rotatable bonds is 5. The average Bonchev–Trinajstić information content (AvgIpc) is 3.14. The Bertz CT molecular complexity index is 1240. The van der Waals surface area contributed by atoms with Crippen molar-refractivity contribution in [1.82, 2.24) is 9.29 Å². The minimum atomic E-state index is -3.95. The zero-order chi connectivity index (χ0) is 22.9. The first-order valence-corrected chi connectivity index (χ1v) is 12.3. The Morgan fingerprint density at radius 3 is 2.41 bits per heavy atom. The maximum absolute atomic E-state index is 14.0. The highest BCUT2D eigenvalue weighted by molar-refractivity contribution is 7.89. The smallest absolute Gasteiger partial charge is 0.245 e. The van der Waals surface area contributed by atoms with Crippen LogP contribution in [0, 0.1) is 24.5 Å². The summed E-state index contributed by atoms with van der Waals surface area (Å²) in [6.45, 7) is 2.14. The Kier molecular flexibility index (Phi) is 6.36. The van der Waals surface area contributed by atoms with Gasteiger partial charge < -0.3 is 5.32 Å². The van der Waals surface area contributed by atoms with E-state index >= 15 is 0 Å². The Labute approximate surface area is 189 Å². The molecule has 0 saturated carbocycles. The normalized spacial score (nSPS) is 15.6. The summed E-state index contributed by atoms with van der Waals surface area (Å²) in [5.74, 6) is -1.73. The number of sulfonamides is 1. The minimum Gasteiger partial charge on any atom is -0.302 e. The van der Waals surface area contributed by atoms with Crippen molar-refractivity contribution in [3.63, 3.8) is 0 Å². The number of aromatic nitrogens is 1. The van der Waals surface area contributed by atoms with Crippen molar-refractivity contribution in [3.05, 3.63) is 65.0 Å². The van der Waals surface area contributed by atoms with E-state index in [0.29, 0.717) is 23.7 Å². The van der Waals surface area contributed by atoms with Crippen LogP contribution in [-0.4, -0.2) is 36.7 Å². The van der Waals surface area contributed by atoms with E-state index in [2.05, 4.69) is 10.3 Å². The molecule has 1 saturated heterocycles. The number of carbonyl (C=O) groups excluding carboxylic acids is 1. The second-order valence-electron chi connectivity index (χ2n) is 7.53. The highest BCUT2D eigenvalue weighted by Crippen LogP contribution is 2.32. The highest BCUT2D eigenvalue weighted by Gasteiger charge is 2.33. The van der Waals surface area contributed by atoms with Crippen molar-refractivity contribution in [2.24, 2.45) is 5.92 Å². The molecule has 4 rings (SSSR count). The summed E-state index contributed by atoms with van der Waals surface area (Å²) in [6, 6.07) is 11.3. The summed E-state index contributed by atoms with van der Waals surface area (Å²) >= 11 is 1.32. The lowest BCUT2D eigenvalue weighted by atomic mass is 9.97. The minimum absolute atomic E-state index is 0.131. The fraction of sp³-hybridized carbons (Fsp3) is 0.273. The second-order valence-corrected chi connectivity index (χ2v) is 10.6. The van der Waals surface area contributed by atoms with Crippen molar-refractivity contribution in [2.75, 3.05) is 18.4 Å². The standard InChI is InChI=1S/C22H21F2N3O3S2/c1-14-20(15-6-8-17(23)9-7-15)25-22(31-14)26-21(28)16-10-12-27(13-11-16)32(29,30)19-5-3-2-4-18(19)24/h2-9,16H,10-13H2,1H3,(H,25,26,28). The van der Waals surface area contributed by atoms with Crippen LogP contribution in [0.2, 0.25) is 0 Å². The third-order valence-electron chi connectivity index (χ3n) is 5.42. The first-order valence-electron chi connectivity index (χ1n) is 10.0. The number of carbonyl (C=O) groups is 1. The number of hydrogen-bond donors (Lipinski definition) is 1. The topological polar surface area (TPSA) is 79.4 Å². The molecule has 3 aromatic rings. The Morgan fingerprint density at radius 1 is 1.09 bits per heavy atom. The van der Waals surface area contributed by atoms with E-state index < -0.39 is 15.8 Å². The predicted molar refractivity (Wildman–Crippen MR) is 119 cm³/mol. The van der Waals surface area contributed by atoms with Gasteiger partial charge in [-0.25, -0.2) is 22.2 Å². The van der Waals surface area contributed by atoms with Gasteiger partial charge in [-0.15, -0.1) is 11.3 Å². The predicted octanol–water partition coefficient (Wildman–Crippen LogP) is 4.44. The Morgan fingerprint density at radius 2 is 1.75 bits per heavy atom. The molecule has 0 spiro atoms. The molecule has 0 radical (unpaired) electrons. The van der Waals surface area contributed by atoms with Gasteiger partial charge in [-0.2, -0.15) is 4.31 Å². The first-order chi connectivity index (χ1) is 15.3. The molecule has 1 N–H and O–H groups in total. The van der Waals surface area contributed by atoms with Gasteiger partial charge >= 0.3 is 0 Å². The fourth-order valence-electron chi connectivity index (χ4n) is 3.68. The number of benzene rings is 2. The number of amides is 1. The van der Waals surface area contributed by atoms with Crippen LogP contribution in [0.1, 0.15) is 17.7 Å². The summed E-state index contributed by atoms with van der Waals surface area (Å²) in [5, 5.41) is 3.25.